The fourth-order valence-corrected chi connectivity index (χ4v) is 2.64. The summed E-state index contributed by atoms with van der Waals surface area (Å²) in [6, 6.07) is 10.2. The van der Waals surface area contributed by atoms with Gasteiger partial charge in [-0.1, -0.05) is 19.9 Å². The van der Waals surface area contributed by atoms with Crippen molar-refractivity contribution < 1.29 is 9.18 Å². The van der Waals surface area contributed by atoms with Gasteiger partial charge in [-0.2, -0.15) is 0 Å². The maximum atomic E-state index is 14.4. The smallest absolute Gasteiger partial charge is 0.252 e. The number of carbonyl (C=O) groups is 1. The quantitative estimate of drug-likeness (QED) is 0.499. The number of rotatable bonds is 7. The van der Waals surface area contributed by atoms with Crippen LogP contribution in [0.3, 0.4) is 0 Å². The summed E-state index contributed by atoms with van der Waals surface area (Å²) in [6.45, 7) is 4.31. The molecule has 2 aromatic heterocycles. The Morgan fingerprint density at radius 3 is 2.71 bits per heavy atom. The van der Waals surface area contributed by atoms with Crippen LogP contribution < -0.4 is 22.1 Å². The van der Waals surface area contributed by atoms with Gasteiger partial charge in [0.25, 0.3) is 5.91 Å². The van der Waals surface area contributed by atoms with E-state index in [4.69, 9.17) is 11.5 Å². The van der Waals surface area contributed by atoms with E-state index in [0.29, 0.717) is 12.2 Å². The van der Waals surface area contributed by atoms with Crippen LogP contribution >= 0.6 is 0 Å². The number of hydrogen-bond donors (Lipinski definition) is 4. The van der Waals surface area contributed by atoms with Gasteiger partial charge in [0.15, 0.2) is 11.6 Å². The van der Waals surface area contributed by atoms with Crippen molar-refractivity contribution in [3.63, 3.8) is 0 Å². The Balaban J connectivity index is 1.92. The highest BCUT2D eigenvalue weighted by molar-refractivity contribution is 5.99. The van der Waals surface area contributed by atoms with E-state index in [1.165, 1.54) is 0 Å². The minimum Gasteiger partial charge on any atom is -0.366 e. The summed E-state index contributed by atoms with van der Waals surface area (Å²) in [5, 5.41) is 6.86. The molecule has 1 amide bonds. The molecular formula is C20H23FN6O. The first-order valence-corrected chi connectivity index (χ1v) is 8.96. The van der Waals surface area contributed by atoms with Crippen LogP contribution in [0, 0.1) is 11.7 Å². The zero-order valence-electron chi connectivity index (χ0n) is 15.7. The molecule has 0 saturated heterocycles. The largest absolute Gasteiger partial charge is 0.366 e. The molecule has 146 valence electrons. The Morgan fingerprint density at radius 1 is 1.21 bits per heavy atom. The van der Waals surface area contributed by atoms with E-state index in [9.17, 15) is 9.18 Å². The van der Waals surface area contributed by atoms with E-state index in [-0.39, 0.29) is 29.2 Å². The van der Waals surface area contributed by atoms with Gasteiger partial charge in [-0.3, -0.25) is 9.78 Å². The first kappa shape index (κ1) is 19.5. The summed E-state index contributed by atoms with van der Waals surface area (Å²) in [5.41, 5.74) is 12.9. The normalized spacial score (nSPS) is 12.2. The summed E-state index contributed by atoms with van der Waals surface area (Å²) >= 11 is 0. The fraction of sp³-hybridized carbons (Fsp3) is 0.250. The first-order chi connectivity index (χ1) is 13.3. The van der Waals surface area contributed by atoms with E-state index in [2.05, 4.69) is 20.6 Å². The van der Waals surface area contributed by atoms with Crippen LogP contribution in [-0.2, 0) is 0 Å². The van der Waals surface area contributed by atoms with E-state index in [1.807, 2.05) is 38.1 Å². The molecule has 1 aromatic carbocycles. The Kier molecular flexibility index (Phi) is 5.70. The van der Waals surface area contributed by atoms with Gasteiger partial charge >= 0.3 is 0 Å². The summed E-state index contributed by atoms with van der Waals surface area (Å²) < 4.78 is 14.4. The lowest BCUT2D eigenvalue weighted by Gasteiger charge is -2.18. The number of nitrogens with zero attached hydrogens (tertiary/aromatic N) is 2. The number of halogens is 1. The van der Waals surface area contributed by atoms with E-state index < -0.39 is 11.7 Å². The third-order valence-corrected chi connectivity index (χ3v) is 4.47. The number of benzene rings is 1. The molecule has 28 heavy (non-hydrogen) atoms. The molecule has 2 heterocycles. The van der Waals surface area contributed by atoms with Gasteiger partial charge in [0.05, 0.1) is 11.1 Å². The molecule has 0 spiro atoms. The van der Waals surface area contributed by atoms with Gasteiger partial charge in [-0.15, -0.1) is 0 Å². The van der Waals surface area contributed by atoms with Crippen molar-refractivity contribution in [3.05, 3.63) is 54.0 Å². The second-order valence-corrected chi connectivity index (χ2v) is 6.90. The number of anilines is 3. The molecule has 1 atom stereocenters. The second-order valence-electron chi connectivity index (χ2n) is 6.90. The van der Waals surface area contributed by atoms with Crippen molar-refractivity contribution in [1.82, 2.24) is 9.97 Å². The molecule has 0 bridgehead atoms. The lowest BCUT2D eigenvalue weighted by molar-refractivity contribution is 0.100. The maximum absolute atomic E-state index is 14.4. The van der Waals surface area contributed by atoms with Crippen LogP contribution in [0.4, 0.5) is 21.7 Å². The topological polar surface area (TPSA) is 119 Å². The minimum absolute atomic E-state index is 0.00561. The third-order valence-electron chi connectivity index (χ3n) is 4.47. The SMILES string of the molecule is CC(C)C(N)CNc1nc(Nc2ccc3ncccc3c2)c(C(N)=O)cc1F. The van der Waals surface area contributed by atoms with Crippen molar-refractivity contribution in [3.8, 4) is 0 Å². The van der Waals surface area contributed by atoms with Crippen molar-refractivity contribution in [2.45, 2.75) is 19.9 Å². The van der Waals surface area contributed by atoms with Gasteiger partial charge in [-0.05, 0) is 36.2 Å². The van der Waals surface area contributed by atoms with Gasteiger partial charge in [0, 0.05) is 29.9 Å². The Hall–Kier alpha value is -3.26. The van der Waals surface area contributed by atoms with Crippen molar-refractivity contribution in [1.29, 1.82) is 0 Å². The van der Waals surface area contributed by atoms with Crippen LogP contribution in [0.1, 0.15) is 24.2 Å². The van der Waals surface area contributed by atoms with Gasteiger partial charge in [0.1, 0.15) is 5.82 Å². The van der Waals surface area contributed by atoms with Gasteiger partial charge in [0.2, 0.25) is 0 Å². The van der Waals surface area contributed by atoms with E-state index in [0.717, 1.165) is 17.0 Å². The lowest BCUT2D eigenvalue weighted by atomic mass is 10.1. The molecule has 0 aliphatic carbocycles. The summed E-state index contributed by atoms with van der Waals surface area (Å²) in [7, 11) is 0. The van der Waals surface area contributed by atoms with Crippen LogP contribution in [0.15, 0.2) is 42.6 Å². The molecule has 8 heteroatoms. The zero-order valence-corrected chi connectivity index (χ0v) is 15.7. The van der Waals surface area contributed by atoms with Crippen LogP contribution in [-0.4, -0.2) is 28.5 Å². The zero-order chi connectivity index (χ0) is 20.3. The number of pyridine rings is 2. The molecule has 7 nitrogen and oxygen atoms in total. The van der Waals surface area contributed by atoms with Crippen molar-refractivity contribution in [2.75, 3.05) is 17.2 Å². The molecule has 0 radical (unpaired) electrons. The number of primary amides is 1. The average Bonchev–Trinajstić information content (AvgIpc) is 2.67. The summed E-state index contributed by atoms with van der Waals surface area (Å²) in [6.07, 6.45) is 1.71. The molecule has 0 fully saturated rings. The minimum atomic E-state index is -0.776. The van der Waals surface area contributed by atoms with Gasteiger partial charge < -0.3 is 22.1 Å². The number of nitrogens with two attached hydrogens (primary N) is 2. The number of carbonyl (C=O) groups excluding carboxylic acids is 1. The molecule has 3 rings (SSSR count). The predicted octanol–water partition coefficient (Wildman–Crippen LogP) is 3.01. The maximum Gasteiger partial charge on any atom is 0.252 e. The monoisotopic (exact) mass is 382 g/mol. The van der Waals surface area contributed by atoms with E-state index >= 15 is 0 Å². The van der Waals surface area contributed by atoms with Crippen LogP contribution in [0.2, 0.25) is 0 Å². The number of amides is 1. The molecule has 1 unspecified atom stereocenters. The molecule has 0 aliphatic rings. The average molecular weight is 382 g/mol. The molecule has 6 N–H and O–H groups in total. The molecular weight excluding hydrogens is 359 g/mol. The predicted molar refractivity (Wildman–Crippen MR) is 109 cm³/mol. The van der Waals surface area contributed by atoms with Crippen molar-refractivity contribution in [2.24, 2.45) is 17.4 Å². The third kappa shape index (κ3) is 4.34. The van der Waals surface area contributed by atoms with Crippen LogP contribution in [0.5, 0.6) is 0 Å². The molecule has 0 aliphatic heterocycles. The second kappa shape index (κ2) is 8.18. The molecule has 3 aromatic rings. The highest BCUT2D eigenvalue weighted by Crippen LogP contribution is 2.25. The summed E-state index contributed by atoms with van der Waals surface area (Å²) in [5.74, 6) is -1.05. The Morgan fingerprint density at radius 2 is 2.00 bits per heavy atom. The highest BCUT2D eigenvalue weighted by atomic mass is 19.1. The fourth-order valence-electron chi connectivity index (χ4n) is 2.64. The molecule has 0 saturated carbocycles. The highest BCUT2D eigenvalue weighted by Gasteiger charge is 2.17. The number of hydrogen-bond acceptors (Lipinski definition) is 6. The number of fused-ring (bicyclic) bond motifs is 1. The van der Waals surface area contributed by atoms with Gasteiger partial charge in [-0.25, -0.2) is 9.37 Å². The number of aromatic nitrogens is 2. The lowest BCUT2D eigenvalue weighted by Crippen LogP contribution is -2.34. The Bertz CT molecular complexity index is 1010. The van der Waals surface area contributed by atoms with E-state index in [1.54, 1.807) is 12.3 Å². The standard InChI is InChI=1S/C20H23FN6O/c1-11(2)16(22)10-25-20-15(21)9-14(18(23)28)19(27-20)26-13-5-6-17-12(8-13)4-3-7-24-17/h3-9,11,16H,10,22H2,1-2H3,(H2,23,28)(H2,25,26,27). The summed E-state index contributed by atoms with van der Waals surface area (Å²) in [4.78, 5) is 20.3. The number of nitrogens with one attached hydrogen (secondary N) is 2. The first-order valence-electron chi connectivity index (χ1n) is 8.96. The Labute approximate surface area is 162 Å². The van der Waals surface area contributed by atoms with Crippen molar-refractivity contribution >= 4 is 34.1 Å². The van der Waals surface area contributed by atoms with Crippen LogP contribution in [0.25, 0.3) is 10.9 Å².